The summed E-state index contributed by atoms with van der Waals surface area (Å²) in [5.74, 6) is 0. The van der Waals surface area contributed by atoms with Gasteiger partial charge in [0, 0.05) is 22.1 Å². The average molecular weight is 230 g/mol. The van der Waals surface area contributed by atoms with Gasteiger partial charge in [-0.15, -0.1) is 0 Å². The zero-order chi connectivity index (χ0) is 10.2. The Labute approximate surface area is 94.4 Å². The lowest BCUT2D eigenvalue weighted by atomic mass is 10.2. The van der Waals surface area contributed by atoms with Crippen LogP contribution in [0.1, 0.15) is 25.3 Å². The Kier molecular flexibility index (Phi) is 2.74. The monoisotopic (exact) mass is 229 g/mol. The second-order valence-electron chi connectivity index (χ2n) is 4.15. The summed E-state index contributed by atoms with van der Waals surface area (Å²) in [6.07, 6.45) is 2.51. The van der Waals surface area contributed by atoms with Crippen LogP contribution in [0.25, 0.3) is 0 Å². The number of halogens is 2. The van der Waals surface area contributed by atoms with E-state index >= 15 is 0 Å². The third-order valence-corrected chi connectivity index (χ3v) is 3.32. The van der Waals surface area contributed by atoms with Crippen LogP contribution < -0.4 is 5.32 Å². The highest BCUT2D eigenvalue weighted by atomic mass is 35.5. The predicted molar refractivity (Wildman–Crippen MR) is 60.9 cm³/mol. The van der Waals surface area contributed by atoms with Gasteiger partial charge in [0.05, 0.1) is 0 Å². The molecule has 0 bridgehead atoms. The molecular formula is C11H13Cl2N. The molecule has 3 heteroatoms. The Morgan fingerprint density at radius 3 is 2.71 bits per heavy atom. The standard InChI is InChI=1S/C11H13Cl2N/c1-11(4-5-11)14-7-8-6-9(12)2-3-10(8)13/h2-3,6,14H,4-5,7H2,1H3. The van der Waals surface area contributed by atoms with Crippen molar-refractivity contribution in [1.82, 2.24) is 5.32 Å². The third kappa shape index (κ3) is 2.41. The lowest BCUT2D eigenvalue weighted by Crippen LogP contribution is -2.27. The average Bonchev–Trinajstić information content (AvgIpc) is 2.87. The first-order chi connectivity index (χ1) is 6.59. The van der Waals surface area contributed by atoms with Crippen molar-refractivity contribution in [2.24, 2.45) is 0 Å². The summed E-state index contributed by atoms with van der Waals surface area (Å²) in [7, 11) is 0. The fourth-order valence-electron chi connectivity index (χ4n) is 1.35. The van der Waals surface area contributed by atoms with Crippen molar-refractivity contribution in [2.75, 3.05) is 0 Å². The summed E-state index contributed by atoms with van der Waals surface area (Å²) in [4.78, 5) is 0. The largest absolute Gasteiger partial charge is 0.307 e. The molecule has 1 N–H and O–H groups in total. The minimum Gasteiger partial charge on any atom is -0.307 e. The molecule has 0 radical (unpaired) electrons. The zero-order valence-corrected chi connectivity index (χ0v) is 9.62. The second kappa shape index (κ2) is 3.73. The third-order valence-electron chi connectivity index (χ3n) is 2.71. The van der Waals surface area contributed by atoms with Crippen molar-refractivity contribution in [3.05, 3.63) is 33.8 Å². The Balaban J connectivity index is 2.04. The smallest absolute Gasteiger partial charge is 0.0451 e. The molecule has 1 nitrogen and oxygen atoms in total. The van der Waals surface area contributed by atoms with E-state index in [1.807, 2.05) is 18.2 Å². The van der Waals surface area contributed by atoms with Crippen molar-refractivity contribution in [1.29, 1.82) is 0 Å². The fourth-order valence-corrected chi connectivity index (χ4v) is 1.73. The molecule has 0 aliphatic heterocycles. The summed E-state index contributed by atoms with van der Waals surface area (Å²) < 4.78 is 0. The molecule has 0 atom stereocenters. The number of hydrogen-bond acceptors (Lipinski definition) is 1. The maximum atomic E-state index is 6.05. The highest BCUT2D eigenvalue weighted by Gasteiger charge is 2.36. The van der Waals surface area contributed by atoms with Crippen molar-refractivity contribution >= 4 is 23.2 Å². The second-order valence-corrected chi connectivity index (χ2v) is 4.99. The first-order valence-corrected chi connectivity index (χ1v) is 5.54. The van der Waals surface area contributed by atoms with Crippen LogP contribution in [0.2, 0.25) is 10.0 Å². The zero-order valence-electron chi connectivity index (χ0n) is 8.11. The van der Waals surface area contributed by atoms with Crippen LogP contribution in [0.3, 0.4) is 0 Å². The van der Waals surface area contributed by atoms with Crippen LogP contribution in [0.5, 0.6) is 0 Å². The summed E-state index contributed by atoms with van der Waals surface area (Å²) in [5.41, 5.74) is 1.42. The van der Waals surface area contributed by atoms with Gasteiger partial charge in [-0.25, -0.2) is 0 Å². The van der Waals surface area contributed by atoms with Crippen LogP contribution in [-0.4, -0.2) is 5.54 Å². The van der Waals surface area contributed by atoms with E-state index < -0.39 is 0 Å². The first kappa shape index (κ1) is 10.3. The van der Waals surface area contributed by atoms with Gasteiger partial charge < -0.3 is 5.32 Å². The Bertz CT molecular complexity index is 345. The number of rotatable bonds is 3. The molecule has 1 aliphatic rings. The summed E-state index contributed by atoms with van der Waals surface area (Å²) in [6, 6.07) is 5.57. The number of nitrogens with one attached hydrogen (secondary N) is 1. The molecule has 1 aliphatic carbocycles. The van der Waals surface area contributed by atoms with E-state index in [0.29, 0.717) is 5.54 Å². The predicted octanol–water partition coefficient (Wildman–Crippen LogP) is 3.64. The molecule has 0 saturated heterocycles. The van der Waals surface area contributed by atoms with Gasteiger partial charge in [0.2, 0.25) is 0 Å². The molecule has 14 heavy (non-hydrogen) atoms. The van der Waals surface area contributed by atoms with E-state index in [1.165, 1.54) is 12.8 Å². The van der Waals surface area contributed by atoms with Crippen molar-refractivity contribution in [3.63, 3.8) is 0 Å². The van der Waals surface area contributed by atoms with Crippen molar-refractivity contribution in [2.45, 2.75) is 31.8 Å². The van der Waals surface area contributed by atoms with Crippen LogP contribution in [0.15, 0.2) is 18.2 Å². The van der Waals surface area contributed by atoms with Crippen LogP contribution in [-0.2, 0) is 6.54 Å². The Morgan fingerprint density at radius 1 is 1.36 bits per heavy atom. The molecule has 0 unspecified atom stereocenters. The number of benzene rings is 1. The molecule has 0 heterocycles. The molecule has 1 fully saturated rings. The van der Waals surface area contributed by atoms with Crippen LogP contribution >= 0.6 is 23.2 Å². The molecule has 1 aromatic carbocycles. The van der Waals surface area contributed by atoms with E-state index in [4.69, 9.17) is 23.2 Å². The fraction of sp³-hybridized carbons (Fsp3) is 0.455. The topological polar surface area (TPSA) is 12.0 Å². The van der Waals surface area contributed by atoms with E-state index in [1.54, 1.807) is 0 Å². The van der Waals surface area contributed by atoms with Gasteiger partial charge in [0.1, 0.15) is 0 Å². The molecule has 0 aromatic heterocycles. The van der Waals surface area contributed by atoms with Gasteiger partial charge in [-0.3, -0.25) is 0 Å². The lowest BCUT2D eigenvalue weighted by molar-refractivity contribution is 0.538. The Hall–Kier alpha value is -0.240. The van der Waals surface area contributed by atoms with E-state index in [9.17, 15) is 0 Å². The van der Waals surface area contributed by atoms with E-state index in [0.717, 1.165) is 22.2 Å². The van der Waals surface area contributed by atoms with Crippen LogP contribution in [0.4, 0.5) is 0 Å². The molecule has 1 aromatic rings. The van der Waals surface area contributed by atoms with E-state index in [2.05, 4.69) is 12.2 Å². The highest BCUT2D eigenvalue weighted by molar-refractivity contribution is 6.33. The number of hydrogen-bond donors (Lipinski definition) is 1. The van der Waals surface area contributed by atoms with Crippen LogP contribution in [0, 0.1) is 0 Å². The SMILES string of the molecule is CC1(NCc2cc(Cl)ccc2Cl)CC1. The quantitative estimate of drug-likeness (QED) is 0.835. The van der Waals surface area contributed by atoms with Gasteiger partial charge in [0.15, 0.2) is 0 Å². The molecule has 0 spiro atoms. The normalized spacial score (nSPS) is 18.2. The highest BCUT2D eigenvalue weighted by Crippen LogP contribution is 2.35. The summed E-state index contributed by atoms with van der Waals surface area (Å²) >= 11 is 11.9. The Morgan fingerprint density at radius 2 is 2.07 bits per heavy atom. The minimum absolute atomic E-state index is 0.339. The first-order valence-electron chi connectivity index (χ1n) is 4.78. The molecule has 0 amide bonds. The maximum Gasteiger partial charge on any atom is 0.0451 e. The lowest BCUT2D eigenvalue weighted by Gasteiger charge is -2.12. The van der Waals surface area contributed by atoms with Crippen molar-refractivity contribution in [3.8, 4) is 0 Å². The van der Waals surface area contributed by atoms with Gasteiger partial charge in [-0.1, -0.05) is 23.2 Å². The van der Waals surface area contributed by atoms with Gasteiger partial charge >= 0.3 is 0 Å². The summed E-state index contributed by atoms with van der Waals surface area (Å²) in [6.45, 7) is 3.03. The van der Waals surface area contributed by atoms with Gasteiger partial charge in [0.25, 0.3) is 0 Å². The summed E-state index contributed by atoms with van der Waals surface area (Å²) in [5, 5.41) is 5.00. The van der Waals surface area contributed by atoms with E-state index in [-0.39, 0.29) is 0 Å². The van der Waals surface area contributed by atoms with Gasteiger partial charge in [-0.2, -0.15) is 0 Å². The van der Waals surface area contributed by atoms with Gasteiger partial charge in [-0.05, 0) is 43.5 Å². The molecule has 76 valence electrons. The molecule has 1 saturated carbocycles. The maximum absolute atomic E-state index is 6.05. The molecular weight excluding hydrogens is 217 g/mol. The minimum atomic E-state index is 0.339. The van der Waals surface area contributed by atoms with Crippen molar-refractivity contribution < 1.29 is 0 Å². The molecule has 2 rings (SSSR count).